The first kappa shape index (κ1) is 14.7. The van der Waals surface area contributed by atoms with E-state index in [-0.39, 0.29) is 5.91 Å². The summed E-state index contributed by atoms with van der Waals surface area (Å²) < 4.78 is 11.0. The lowest BCUT2D eigenvalue weighted by Gasteiger charge is -2.17. The molecule has 5 nitrogen and oxygen atoms in total. The highest BCUT2D eigenvalue weighted by atomic mass is 16.5. The van der Waals surface area contributed by atoms with Crippen molar-refractivity contribution in [1.82, 2.24) is 10.6 Å². The van der Waals surface area contributed by atoms with Gasteiger partial charge in [0.25, 0.3) is 5.91 Å². The van der Waals surface area contributed by atoms with Crippen molar-refractivity contribution in [3.05, 3.63) is 23.8 Å². The molecule has 1 saturated carbocycles. The number of ether oxygens (including phenoxy) is 2. The molecule has 1 atom stereocenters. The molecule has 0 bridgehead atoms. The highest BCUT2D eigenvalue weighted by Crippen LogP contribution is 2.27. The van der Waals surface area contributed by atoms with Gasteiger partial charge in [0.05, 0.1) is 7.11 Å². The summed E-state index contributed by atoms with van der Waals surface area (Å²) in [7, 11) is 3.22. The van der Waals surface area contributed by atoms with Crippen molar-refractivity contribution >= 4 is 5.91 Å². The predicted octanol–water partition coefficient (Wildman–Crippen LogP) is 1.46. The van der Waals surface area contributed by atoms with Crippen molar-refractivity contribution in [2.75, 3.05) is 14.2 Å². The average molecular weight is 278 g/mol. The van der Waals surface area contributed by atoms with Gasteiger partial charge in [-0.25, -0.2) is 0 Å². The smallest absolute Gasteiger partial charge is 0.260 e. The Kier molecular flexibility index (Phi) is 4.84. The van der Waals surface area contributed by atoms with Crippen LogP contribution in [0, 0.1) is 0 Å². The van der Waals surface area contributed by atoms with E-state index in [1.807, 2.05) is 18.2 Å². The maximum Gasteiger partial charge on any atom is 0.260 e. The fourth-order valence-corrected chi connectivity index (χ4v) is 1.91. The summed E-state index contributed by atoms with van der Waals surface area (Å²) in [6.07, 6.45) is 1.94. The van der Waals surface area contributed by atoms with Gasteiger partial charge in [-0.2, -0.15) is 0 Å². The second-order valence-corrected chi connectivity index (χ2v) is 5.00. The summed E-state index contributed by atoms with van der Waals surface area (Å²) >= 11 is 0. The van der Waals surface area contributed by atoms with Crippen molar-refractivity contribution in [1.29, 1.82) is 0 Å². The van der Waals surface area contributed by atoms with Crippen molar-refractivity contribution in [3.8, 4) is 11.5 Å². The molecule has 1 aromatic carbocycles. The molecule has 2 N–H and O–H groups in total. The van der Waals surface area contributed by atoms with Gasteiger partial charge < -0.3 is 20.1 Å². The third kappa shape index (κ3) is 3.87. The monoisotopic (exact) mass is 278 g/mol. The number of carbonyl (C=O) groups is 1. The van der Waals surface area contributed by atoms with Gasteiger partial charge in [-0.1, -0.05) is 6.07 Å². The lowest BCUT2D eigenvalue weighted by molar-refractivity contribution is -0.126. The molecule has 1 aliphatic rings. The van der Waals surface area contributed by atoms with Crippen molar-refractivity contribution in [2.24, 2.45) is 0 Å². The molecule has 2 rings (SSSR count). The Morgan fingerprint density at radius 2 is 2.20 bits per heavy atom. The molecule has 110 valence electrons. The first-order valence-electron chi connectivity index (χ1n) is 6.92. The summed E-state index contributed by atoms with van der Waals surface area (Å²) in [5.74, 6) is 1.27. The molecule has 1 fully saturated rings. The molecule has 0 aromatic heterocycles. The lowest BCUT2D eigenvalue weighted by Crippen LogP contribution is -2.34. The van der Waals surface area contributed by atoms with E-state index < -0.39 is 6.10 Å². The van der Waals surface area contributed by atoms with E-state index in [2.05, 4.69) is 10.6 Å². The highest BCUT2D eigenvalue weighted by Gasteiger charge is 2.21. The first-order valence-corrected chi connectivity index (χ1v) is 6.92. The zero-order chi connectivity index (χ0) is 14.5. The molecule has 0 radical (unpaired) electrons. The number of hydrogen-bond acceptors (Lipinski definition) is 4. The summed E-state index contributed by atoms with van der Waals surface area (Å²) in [4.78, 5) is 11.6. The molecular formula is C15H22N2O3. The topological polar surface area (TPSA) is 59.6 Å². The minimum Gasteiger partial charge on any atom is -0.497 e. The Morgan fingerprint density at radius 1 is 1.45 bits per heavy atom. The number of benzene rings is 1. The third-order valence-corrected chi connectivity index (χ3v) is 3.35. The van der Waals surface area contributed by atoms with Crippen LogP contribution in [-0.4, -0.2) is 32.2 Å². The predicted molar refractivity (Wildman–Crippen MR) is 77.0 cm³/mol. The van der Waals surface area contributed by atoms with Crippen LogP contribution in [0.25, 0.3) is 0 Å². The van der Waals surface area contributed by atoms with E-state index in [9.17, 15) is 4.79 Å². The van der Waals surface area contributed by atoms with Gasteiger partial charge in [-0.3, -0.25) is 4.79 Å². The van der Waals surface area contributed by atoms with Crippen LogP contribution < -0.4 is 20.1 Å². The van der Waals surface area contributed by atoms with Crippen molar-refractivity contribution in [3.63, 3.8) is 0 Å². The molecule has 1 unspecified atom stereocenters. The molecule has 0 saturated heterocycles. The number of carbonyl (C=O) groups excluding carboxylic acids is 1. The molecule has 1 aromatic rings. The summed E-state index contributed by atoms with van der Waals surface area (Å²) in [5, 5.41) is 6.03. The lowest BCUT2D eigenvalue weighted by atomic mass is 10.2. The number of hydrogen-bond donors (Lipinski definition) is 2. The largest absolute Gasteiger partial charge is 0.497 e. The number of amides is 1. The van der Waals surface area contributed by atoms with Crippen LogP contribution in [0.5, 0.6) is 11.5 Å². The standard InChI is InChI=1S/C15H22N2O3/c1-10(15(18)16-2)20-14-8-13(19-3)7-4-11(14)9-17-12-5-6-12/h4,7-8,10,12,17H,5-6,9H2,1-3H3,(H,16,18). The molecule has 0 heterocycles. The quantitative estimate of drug-likeness (QED) is 0.793. The van der Waals surface area contributed by atoms with Crippen LogP contribution in [0.2, 0.25) is 0 Å². The van der Waals surface area contributed by atoms with Gasteiger partial charge in [-0.15, -0.1) is 0 Å². The van der Waals surface area contributed by atoms with Gasteiger partial charge in [0.15, 0.2) is 6.10 Å². The minimum absolute atomic E-state index is 0.145. The number of methoxy groups -OCH3 is 1. The van der Waals surface area contributed by atoms with E-state index >= 15 is 0 Å². The van der Waals surface area contributed by atoms with E-state index in [0.717, 1.165) is 17.9 Å². The van der Waals surface area contributed by atoms with Crippen LogP contribution in [0.15, 0.2) is 18.2 Å². The third-order valence-electron chi connectivity index (χ3n) is 3.35. The molecule has 20 heavy (non-hydrogen) atoms. The highest BCUT2D eigenvalue weighted by molar-refractivity contribution is 5.80. The van der Waals surface area contributed by atoms with Crippen LogP contribution in [0.3, 0.4) is 0 Å². The van der Waals surface area contributed by atoms with E-state index in [0.29, 0.717) is 11.8 Å². The molecule has 0 spiro atoms. The van der Waals surface area contributed by atoms with Gasteiger partial charge in [0, 0.05) is 31.3 Å². The van der Waals surface area contributed by atoms with E-state index in [4.69, 9.17) is 9.47 Å². The van der Waals surface area contributed by atoms with Gasteiger partial charge in [0.1, 0.15) is 11.5 Å². The second-order valence-electron chi connectivity index (χ2n) is 5.00. The Morgan fingerprint density at radius 3 is 2.80 bits per heavy atom. The Hall–Kier alpha value is -1.75. The minimum atomic E-state index is -0.535. The van der Waals surface area contributed by atoms with Gasteiger partial charge in [-0.05, 0) is 25.8 Å². The maximum atomic E-state index is 11.6. The molecule has 1 amide bonds. The zero-order valence-corrected chi connectivity index (χ0v) is 12.2. The van der Waals surface area contributed by atoms with Crippen LogP contribution in [0.1, 0.15) is 25.3 Å². The normalized spacial score (nSPS) is 15.6. The second kappa shape index (κ2) is 6.61. The Bertz CT molecular complexity index is 472. The zero-order valence-electron chi connectivity index (χ0n) is 12.2. The molecule has 1 aliphatic carbocycles. The fourth-order valence-electron chi connectivity index (χ4n) is 1.91. The molecule has 0 aliphatic heterocycles. The average Bonchev–Trinajstić information content (AvgIpc) is 3.29. The number of rotatable bonds is 7. The number of nitrogens with one attached hydrogen (secondary N) is 2. The van der Waals surface area contributed by atoms with Crippen LogP contribution in [0.4, 0.5) is 0 Å². The Balaban J connectivity index is 2.10. The fraction of sp³-hybridized carbons (Fsp3) is 0.533. The summed E-state index contributed by atoms with van der Waals surface area (Å²) in [6.45, 7) is 2.47. The molecular weight excluding hydrogens is 256 g/mol. The van der Waals surface area contributed by atoms with Crippen LogP contribution in [-0.2, 0) is 11.3 Å². The van der Waals surface area contributed by atoms with Gasteiger partial charge in [0.2, 0.25) is 0 Å². The molecule has 5 heteroatoms. The van der Waals surface area contributed by atoms with Gasteiger partial charge >= 0.3 is 0 Å². The first-order chi connectivity index (χ1) is 9.63. The van der Waals surface area contributed by atoms with Crippen LogP contribution >= 0.6 is 0 Å². The summed E-state index contributed by atoms with van der Waals surface area (Å²) in [6, 6.07) is 6.33. The summed E-state index contributed by atoms with van der Waals surface area (Å²) in [5.41, 5.74) is 1.04. The van der Waals surface area contributed by atoms with E-state index in [1.54, 1.807) is 21.1 Å². The van der Waals surface area contributed by atoms with Crippen molar-refractivity contribution in [2.45, 2.75) is 38.5 Å². The van der Waals surface area contributed by atoms with Crippen molar-refractivity contribution < 1.29 is 14.3 Å². The maximum absolute atomic E-state index is 11.6. The number of likely N-dealkylation sites (N-methyl/N-ethyl adjacent to an activating group) is 1. The SMILES string of the molecule is CNC(=O)C(C)Oc1cc(OC)ccc1CNC1CC1. The Labute approximate surface area is 119 Å². The van der Waals surface area contributed by atoms with E-state index in [1.165, 1.54) is 12.8 Å².